The minimum absolute atomic E-state index is 0. The fourth-order valence-electron chi connectivity index (χ4n) is 3.39. The van der Waals surface area contributed by atoms with E-state index in [2.05, 4.69) is 10.8 Å². The summed E-state index contributed by atoms with van der Waals surface area (Å²) in [5, 5.41) is 19.2. The van der Waals surface area contributed by atoms with Gasteiger partial charge >= 0.3 is 5.97 Å². The lowest BCUT2D eigenvalue weighted by atomic mass is 9.83. The van der Waals surface area contributed by atoms with Gasteiger partial charge in [0.2, 0.25) is 5.91 Å². The van der Waals surface area contributed by atoms with Crippen LogP contribution < -0.4 is 17.0 Å². The zero-order valence-electron chi connectivity index (χ0n) is 14.5. The molecular formula is C17H21ClN2O4S2. The Labute approximate surface area is 167 Å². The summed E-state index contributed by atoms with van der Waals surface area (Å²) in [6, 6.07) is 3.82. The van der Waals surface area contributed by atoms with Crippen LogP contribution >= 0.6 is 23.5 Å². The summed E-state index contributed by atoms with van der Waals surface area (Å²) in [6.07, 6.45) is 5.84. The van der Waals surface area contributed by atoms with Gasteiger partial charge in [0, 0.05) is 17.4 Å². The van der Waals surface area contributed by atoms with Crippen molar-refractivity contribution in [1.82, 2.24) is 4.90 Å². The molecule has 2 aliphatic heterocycles. The molecule has 0 aromatic carbocycles. The van der Waals surface area contributed by atoms with E-state index >= 15 is 0 Å². The number of aliphatic carboxylic acids is 1. The van der Waals surface area contributed by atoms with Gasteiger partial charge in [0.15, 0.2) is 18.9 Å². The second-order valence-electron chi connectivity index (χ2n) is 6.15. The molecule has 0 radical (unpaired) electrons. The van der Waals surface area contributed by atoms with Gasteiger partial charge in [0.1, 0.15) is 5.70 Å². The van der Waals surface area contributed by atoms with Crippen LogP contribution in [-0.2, 0) is 16.1 Å². The van der Waals surface area contributed by atoms with Gasteiger partial charge in [0.05, 0.1) is 28.7 Å². The minimum atomic E-state index is -1.07. The van der Waals surface area contributed by atoms with Crippen molar-refractivity contribution >= 4 is 35.4 Å². The predicted molar refractivity (Wildman–Crippen MR) is 96.0 cm³/mol. The highest BCUT2D eigenvalue weighted by molar-refractivity contribution is 8.03. The number of β-lactam (4-membered cyclic amide) rings is 1. The molecular weight excluding hydrogens is 396 g/mol. The smallest absolute Gasteiger partial charge is 0.353 e. The summed E-state index contributed by atoms with van der Waals surface area (Å²) >= 11 is 3.16. The van der Waals surface area contributed by atoms with Crippen molar-refractivity contribution in [3.05, 3.63) is 35.1 Å². The summed E-state index contributed by atoms with van der Waals surface area (Å²) in [5.74, 6) is -1.11. The van der Waals surface area contributed by atoms with Gasteiger partial charge in [-0.2, -0.15) is 0 Å². The Morgan fingerprint density at radius 3 is 2.85 bits per heavy atom. The molecule has 26 heavy (non-hydrogen) atoms. The molecule has 3 heterocycles. The number of amides is 1. The van der Waals surface area contributed by atoms with E-state index in [1.54, 1.807) is 18.7 Å². The normalized spacial score (nSPS) is 22.6. The molecule has 1 amide bonds. The van der Waals surface area contributed by atoms with Crippen LogP contribution in [0.25, 0.3) is 0 Å². The summed E-state index contributed by atoms with van der Waals surface area (Å²) in [6.45, 7) is 2.34. The van der Waals surface area contributed by atoms with E-state index < -0.39 is 18.0 Å². The number of halogens is 1. The molecule has 0 saturated carbocycles. The van der Waals surface area contributed by atoms with Gasteiger partial charge in [-0.25, -0.2) is 9.36 Å². The number of carboxylic acid groups (broad SMARTS) is 1. The number of hydrogen-bond acceptors (Lipinski definition) is 5. The standard InChI is InChI=1S/C17H20N2O4S2.ClH/c1-10(20)14-12-8-13(15(17(22)23)19(12)16(14)21)25-7-6-18-5-3-4-11(9-18)24-2;/h3-5,9-10,12,14,20H,6-8H2,1-2H3;1H/t10-,12-,14-;/m1./s1. The molecule has 2 N–H and O–H groups in total. The van der Waals surface area contributed by atoms with Crippen LogP contribution in [0.15, 0.2) is 40.0 Å². The highest BCUT2D eigenvalue weighted by Gasteiger charge is 2.56. The molecule has 1 aromatic rings. The summed E-state index contributed by atoms with van der Waals surface area (Å²) in [4.78, 5) is 27.0. The fourth-order valence-corrected chi connectivity index (χ4v) is 5.01. The molecule has 142 valence electrons. The molecule has 3 rings (SSSR count). The number of carbonyl (C=O) groups is 2. The number of thioether (sulfide) groups is 2. The minimum Gasteiger partial charge on any atom is -1.00 e. The molecule has 1 aromatic heterocycles. The average Bonchev–Trinajstić information content (AvgIpc) is 2.89. The molecule has 2 aliphatic rings. The van der Waals surface area contributed by atoms with Crippen LogP contribution in [0.3, 0.4) is 0 Å². The molecule has 3 atom stereocenters. The Morgan fingerprint density at radius 1 is 1.50 bits per heavy atom. The predicted octanol–water partition coefficient (Wildman–Crippen LogP) is -1.66. The number of aliphatic hydroxyl groups excluding tert-OH is 1. The maximum Gasteiger partial charge on any atom is 0.353 e. The first-order valence-corrected chi connectivity index (χ1v) is 10.3. The molecule has 9 heteroatoms. The second kappa shape index (κ2) is 8.65. The number of fused-ring (bicyclic) bond motifs is 1. The van der Waals surface area contributed by atoms with Gasteiger partial charge in [0.25, 0.3) is 0 Å². The molecule has 1 fully saturated rings. The summed E-state index contributed by atoms with van der Waals surface area (Å²) in [7, 11) is 0. The van der Waals surface area contributed by atoms with Crippen molar-refractivity contribution in [3.8, 4) is 0 Å². The fraction of sp³-hybridized carbons (Fsp3) is 0.471. The van der Waals surface area contributed by atoms with Crippen molar-refractivity contribution in [2.24, 2.45) is 5.92 Å². The van der Waals surface area contributed by atoms with Crippen LogP contribution in [0.5, 0.6) is 0 Å². The van der Waals surface area contributed by atoms with Crippen LogP contribution in [0.1, 0.15) is 13.3 Å². The Morgan fingerprint density at radius 2 is 2.23 bits per heavy atom. The highest BCUT2D eigenvalue weighted by Crippen LogP contribution is 2.46. The van der Waals surface area contributed by atoms with Crippen molar-refractivity contribution in [3.63, 3.8) is 0 Å². The average molecular weight is 417 g/mol. The van der Waals surface area contributed by atoms with Crippen LogP contribution in [-0.4, -0.2) is 51.1 Å². The monoisotopic (exact) mass is 416 g/mol. The Bertz CT molecular complexity index is 741. The number of rotatable bonds is 7. The number of aromatic nitrogens is 1. The highest BCUT2D eigenvalue weighted by atomic mass is 35.5. The van der Waals surface area contributed by atoms with E-state index in [1.807, 2.05) is 24.6 Å². The molecule has 0 unspecified atom stereocenters. The third kappa shape index (κ3) is 3.88. The lowest BCUT2D eigenvalue weighted by Gasteiger charge is -2.44. The Kier molecular flexibility index (Phi) is 7.01. The first kappa shape index (κ1) is 21.1. The molecule has 0 bridgehead atoms. The number of aliphatic hydroxyl groups is 1. The first-order valence-electron chi connectivity index (χ1n) is 8.07. The van der Waals surface area contributed by atoms with Crippen molar-refractivity contribution in [1.29, 1.82) is 0 Å². The largest absolute Gasteiger partial charge is 1.00 e. The molecule has 0 spiro atoms. The van der Waals surface area contributed by atoms with Crippen molar-refractivity contribution in [2.45, 2.75) is 36.9 Å². The first-order chi connectivity index (χ1) is 11.9. The summed E-state index contributed by atoms with van der Waals surface area (Å²) in [5.41, 5.74) is 0.0970. The third-order valence-corrected chi connectivity index (χ3v) is 6.39. The van der Waals surface area contributed by atoms with E-state index in [9.17, 15) is 19.8 Å². The molecule has 6 nitrogen and oxygen atoms in total. The van der Waals surface area contributed by atoms with E-state index in [1.165, 1.54) is 21.6 Å². The SMILES string of the molecule is CSc1ccc[n+](CCSC2=C(C(=O)O)N3C(=O)[C@H]([C@@H](C)O)[C@H]3C2)c1.[Cl-]. The van der Waals surface area contributed by atoms with E-state index in [4.69, 9.17) is 0 Å². The molecule has 0 aliphatic carbocycles. The van der Waals surface area contributed by atoms with E-state index in [-0.39, 0.29) is 30.1 Å². The van der Waals surface area contributed by atoms with E-state index in [0.29, 0.717) is 6.42 Å². The van der Waals surface area contributed by atoms with Crippen LogP contribution in [0.4, 0.5) is 0 Å². The van der Waals surface area contributed by atoms with E-state index in [0.717, 1.165) is 17.2 Å². The maximum atomic E-state index is 12.2. The number of hydrogen-bond donors (Lipinski definition) is 2. The topological polar surface area (TPSA) is 81.7 Å². The number of carboxylic acids is 1. The van der Waals surface area contributed by atoms with Crippen LogP contribution in [0, 0.1) is 5.92 Å². The van der Waals surface area contributed by atoms with Gasteiger partial charge in [-0.05, 0) is 19.2 Å². The van der Waals surface area contributed by atoms with Crippen LogP contribution in [0.2, 0.25) is 0 Å². The Hall–Kier alpha value is -1.22. The zero-order valence-corrected chi connectivity index (χ0v) is 16.9. The molecule has 1 saturated heterocycles. The summed E-state index contributed by atoms with van der Waals surface area (Å²) < 4.78 is 2.08. The van der Waals surface area contributed by atoms with Gasteiger partial charge in [-0.15, -0.1) is 23.5 Å². The van der Waals surface area contributed by atoms with Gasteiger partial charge in [-0.1, -0.05) is 0 Å². The Balaban J connectivity index is 0.00000243. The number of aryl methyl sites for hydroxylation is 1. The van der Waals surface area contributed by atoms with Crippen molar-refractivity contribution < 1.29 is 36.8 Å². The lowest BCUT2D eigenvalue weighted by Crippen LogP contribution is -3.00. The van der Waals surface area contributed by atoms with Crippen molar-refractivity contribution in [2.75, 3.05) is 12.0 Å². The van der Waals surface area contributed by atoms with Gasteiger partial charge < -0.3 is 27.5 Å². The third-order valence-electron chi connectivity index (χ3n) is 4.58. The van der Waals surface area contributed by atoms with Gasteiger partial charge in [-0.3, -0.25) is 4.79 Å². The lowest BCUT2D eigenvalue weighted by molar-refractivity contribution is -0.694. The number of carbonyl (C=O) groups excluding carboxylic acids is 1. The zero-order chi connectivity index (χ0) is 18.1. The second-order valence-corrected chi connectivity index (χ2v) is 8.22. The number of pyridine rings is 1. The quantitative estimate of drug-likeness (QED) is 0.314. The maximum absolute atomic E-state index is 12.2. The number of nitrogens with zero attached hydrogens (tertiary/aromatic N) is 2.